The van der Waals surface area contributed by atoms with Gasteiger partial charge >= 0.3 is 8.56 Å². The Morgan fingerprint density at radius 1 is 1.12 bits per heavy atom. The van der Waals surface area contributed by atoms with Gasteiger partial charge in [-0.15, -0.1) is 0 Å². The molecule has 0 aromatic rings. The van der Waals surface area contributed by atoms with Crippen LogP contribution in [0.4, 0.5) is 0 Å². The first-order chi connectivity index (χ1) is 7.25. The molecule has 0 radical (unpaired) electrons. The van der Waals surface area contributed by atoms with Crippen LogP contribution in [0.2, 0.25) is 6.55 Å². The van der Waals surface area contributed by atoms with Crippen molar-refractivity contribution in [1.29, 1.82) is 0 Å². The highest BCUT2D eigenvalue weighted by atomic mass is 28.4. The van der Waals surface area contributed by atoms with Crippen LogP contribution in [0.1, 0.15) is 20.8 Å². The summed E-state index contributed by atoms with van der Waals surface area (Å²) in [6, 6.07) is 0. The summed E-state index contributed by atoms with van der Waals surface area (Å²) in [7, 11) is -2.90. The first-order valence-corrected chi connectivity index (χ1v) is 7.39. The Labute approximate surface area is 96.6 Å². The highest BCUT2D eigenvalue weighted by molar-refractivity contribution is 6.69. The van der Waals surface area contributed by atoms with Gasteiger partial charge in [-0.25, -0.2) is 0 Å². The van der Waals surface area contributed by atoms with Crippen LogP contribution < -0.4 is 0 Å². The van der Waals surface area contributed by atoms with E-state index < -0.39 is 20.5 Å². The molecule has 0 fully saturated rings. The first-order valence-electron chi connectivity index (χ1n) is 4.86. The van der Waals surface area contributed by atoms with Crippen LogP contribution >= 0.6 is 0 Å². The molecule has 0 aliphatic heterocycles. The average molecular weight is 246 g/mol. The van der Waals surface area contributed by atoms with E-state index >= 15 is 0 Å². The zero-order valence-electron chi connectivity index (χ0n) is 10.2. The van der Waals surface area contributed by atoms with Crippen LogP contribution in [-0.4, -0.2) is 33.3 Å². The molecule has 16 heavy (non-hydrogen) atoms. The summed E-state index contributed by atoms with van der Waals surface area (Å²) in [5, 5.41) is 0. The molecule has 0 aromatic heterocycles. The molecule has 5 nitrogen and oxygen atoms in total. The fourth-order valence-electron chi connectivity index (χ4n) is 1.10. The van der Waals surface area contributed by atoms with Gasteiger partial charge in [0.15, 0.2) is 0 Å². The van der Waals surface area contributed by atoms with E-state index in [1.807, 2.05) is 6.92 Å². The monoisotopic (exact) mass is 246 g/mol. The Morgan fingerprint density at radius 3 is 1.88 bits per heavy atom. The number of hydrogen-bond donors (Lipinski definition) is 0. The molecule has 0 amide bonds. The summed E-state index contributed by atoms with van der Waals surface area (Å²) < 4.78 is 15.3. The average Bonchev–Trinajstić information content (AvgIpc) is 1.98. The van der Waals surface area contributed by atoms with E-state index in [4.69, 9.17) is 13.6 Å². The molecule has 0 bridgehead atoms. The Kier molecular flexibility index (Phi) is 5.98. The zero-order chi connectivity index (χ0) is 12.8. The highest BCUT2D eigenvalue weighted by Gasteiger charge is 2.38. The van der Waals surface area contributed by atoms with Gasteiger partial charge in [-0.05, 0) is 6.92 Å². The Hall–Kier alpha value is -1.14. The Balaban J connectivity index is 4.34. The van der Waals surface area contributed by atoms with E-state index in [1.165, 1.54) is 13.8 Å². The summed E-state index contributed by atoms with van der Waals surface area (Å²) in [4.78, 5) is 21.8. The summed E-state index contributed by atoms with van der Waals surface area (Å²) in [6.07, 6.45) is 0.110. The Morgan fingerprint density at radius 2 is 1.56 bits per heavy atom. The maximum Gasteiger partial charge on any atom is 0.487 e. The predicted molar refractivity (Wildman–Crippen MR) is 60.8 cm³/mol. The number of carbonyl (C=O) groups excluding carboxylic acids is 2. The molecular weight excluding hydrogens is 228 g/mol. The van der Waals surface area contributed by atoms with E-state index in [1.54, 1.807) is 6.55 Å². The molecule has 0 rings (SSSR count). The quantitative estimate of drug-likeness (QED) is 0.522. The second-order valence-electron chi connectivity index (χ2n) is 3.77. The molecule has 0 N–H and O–H groups in total. The SMILES string of the molecule is C=C(C)COC[Si](C)(OC(C)=O)OC(C)=O. The summed E-state index contributed by atoms with van der Waals surface area (Å²) >= 11 is 0. The minimum absolute atomic E-state index is 0.110. The topological polar surface area (TPSA) is 61.8 Å². The molecule has 0 unspecified atom stereocenters. The second-order valence-corrected chi connectivity index (χ2v) is 6.74. The minimum Gasteiger partial charge on any atom is -0.484 e. The zero-order valence-corrected chi connectivity index (χ0v) is 11.2. The van der Waals surface area contributed by atoms with E-state index in [9.17, 15) is 9.59 Å². The Bertz CT molecular complexity index is 271. The molecule has 0 spiro atoms. The molecule has 92 valence electrons. The van der Waals surface area contributed by atoms with Crippen LogP contribution in [0.15, 0.2) is 12.2 Å². The van der Waals surface area contributed by atoms with Gasteiger partial charge in [-0.2, -0.15) is 0 Å². The highest BCUT2D eigenvalue weighted by Crippen LogP contribution is 2.09. The van der Waals surface area contributed by atoms with Crippen LogP contribution in [0.25, 0.3) is 0 Å². The van der Waals surface area contributed by atoms with Crippen LogP contribution in [-0.2, 0) is 23.2 Å². The molecule has 0 atom stereocenters. The molecule has 0 saturated heterocycles. The smallest absolute Gasteiger partial charge is 0.484 e. The van der Waals surface area contributed by atoms with Crippen LogP contribution in [0.5, 0.6) is 0 Å². The fourth-order valence-corrected chi connectivity index (χ4v) is 2.95. The largest absolute Gasteiger partial charge is 0.487 e. The lowest BCUT2D eigenvalue weighted by Gasteiger charge is -2.24. The first kappa shape index (κ1) is 14.9. The van der Waals surface area contributed by atoms with Crippen molar-refractivity contribution >= 4 is 20.5 Å². The van der Waals surface area contributed by atoms with Gasteiger partial charge in [0.1, 0.15) is 6.23 Å². The van der Waals surface area contributed by atoms with Crippen molar-refractivity contribution in [2.45, 2.75) is 27.3 Å². The minimum atomic E-state index is -2.90. The molecule has 0 saturated carbocycles. The number of ether oxygens (including phenoxy) is 1. The molecule has 0 aliphatic carbocycles. The lowest BCUT2D eigenvalue weighted by atomic mass is 10.4. The number of hydrogen-bond acceptors (Lipinski definition) is 5. The lowest BCUT2D eigenvalue weighted by Crippen LogP contribution is -2.47. The van der Waals surface area contributed by atoms with Gasteiger partial charge in [-0.1, -0.05) is 12.2 Å². The lowest BCUT2D eigenvalue weighted by molar-refractivity contribution is -0.139. The van der Waals surface area contributed by atoms with Crippen molar-refractivity contribution in [2.75, 3.05) is 12.8 Å². The molecular formula is C10H18O5Si. The normalized spacial score (nSPS) is 10.8. The maximum absolute atomic E-state index is 10.9. The third kappa shape index (κ3) is 7.19. The molecule has 0 aromatic carbocycles. The second kappa shape index (κ2) is 6.44. The number of carbonyl (C=O) groups is 2. The van der Waals surface area contributed by atoms with Gasteiger partial charge in [0.2, 0.25) is 0 Å². The van der Waals surface area contributed by atoms with Gasteiger partial charge in [-0.3, -0.25) is 9.59 Å². The summed E-state index contributed by atoms with van der Waals surface area (Å²) in [6.45, 7) is 9.99. The van der Waals surface area contributed by atoms with Crippen molar-refractivity contribution < 1.29 is 23.2 Å². The third-order valence-electron chi connectivity index (χ3n) is 1.43. The maximum atomic E-state index is 10.9. The third-order valence-corrected chi connectivity index (χ3v) is 3.60. The van der Waals surface area contributed by atoms with Gasteiger partial charge in [0, 0.05) is 20.4 Å². The van der Waals surface area contributed by atoms with E-state index in [0.717, 1.165) is 5.57 Å². The molecule has 0 heterocycles. The van der Waals surface area contributed by atoms with Crippen molar-refractivity contribution in [1.82, 2.24) is 0 Å². The van der Waals surface area contributed by atoms with Crippen LogP contribution in [0, 0.1) is 0 Å². The number of rotatable bonds is 6. The van der Waals surface area contributed by atoms with Crippen molar-refractivity contribution in [3.63, 3.8) is 0 Å². The molecule has 0 aliphatic rings. The van der Waals surface area contributed by atoms with E-state index in [-0.39, 0.29) is 6.23 Å². The van der Waals surface area contributed by atoms with Crippen molar-refractivity contribution in [3.05, 3.63) is 12.2 Å². The summed E-state index contributed by atoms with van der Waals surface area (Å²) in [5.41, 5.74) is 0.849. The standard InChI is InChI=1S/C10H18O5Si/c1-8(2)6-13-7-16(5,14-9(3)11)15-10(4)12/h1,6-7H2,2-5H3. The van der Waals surface area contributed by atoms with Gasteiger partial charge in [0.05, 0.1) is 6.61 Å². The van der Waals surface area contributed by atoms with E-state index in [0.29, 0.717) is 6.61 Å². The van der Waals surface area contributed by atoms with Crippen molar-refractivity contribution in [2.24, 2.45) is 0 Å². The predicted octanol–water partition coefficient (Wildman–Crippen LogP) is 1.32. The van der Waals surface area contributed by atoms with Gasteiger partial charge < -0.3 is 13.6 Å². The van der Waals surface area contributed by atoms with Crippen LogP contribution in [0.3, 0.4) is 0 Å². The fraction of sp³-hybridized carbons (Fsp3) is 0.600. The summed E-state index contributed by atoms with van der Waals surface area (Å²) in [5.74, 6) is -0.955. The molecule has 6 heteroatoms. The van der Waals surface area contributed by atoms with Gasteiger partial charge in [0.25, 0.3) is 11.9 Å². The van der Waals surface area contributed by atoms with E-state index in [2.05, 4.69) is 6.58 Å². The van der Waals surface area contributed by atoms with Crippen molar-refractivity contribution in [3.8, 4) is 0 Å².